The third kappa shape index (κ3) is 5.30. The molecule has 0 aliphatic rings. The molecule has 9 heteroatoms. The van der Waals surface area contributed by atoms with Gasteiger partial charge in [0, 0.05) is 0 Å². The minimum absolute atomic E-state index is 0.162. The Hall–Kier alpha value is -0.0326. The van der Waals surface area contributed by atoms with Crippen LogP contribution in [0.5, 0.6) is 5.75 Å². The summed E-state index contributed by atoms with van der Waals surface area (Å²) in [4.78, 5) is 11.6. The topological polar surface area (TPSA) is 91.0 Å². The number of nitrogens with two attached hydrogens (primary N) is 1. The summed E-state index contributed by atoms with van der Waals surface area (Å²) in [5, 5.41) is 9.13. The fourth-order valence-electron chi connectivity index (χ4n) is 1.24. The molecule has 6 nitrogen and oxygen atoms in total. The molecule has 18 heavy (non-hydrogen) atoms. The molecule has 0 saturated heterocycles. The van der Waals surface area contributed by atoms with Gasteiger partial charge in [-0.15, -0.1) is 0 Å². The average molecular weight is 293 g/mol. The zero-order valence-electron chi connectivity index (χ0n) is 9.48. The molecule has 0 unspecified atom stereocenters. The minimum atomic E-state index is -2.47. The summed E-state index contributed by atoms with van der Waals surface area (Å²) in [6, 6.07) is 5.64. The standard InChI is InChI=1S/C9H11NO3.3Al.2O/c10-8(9(12)13)5-6-1-3-7(11)4-2-6;;;;;/h1-4,8,11H,5,10H2,(H,12,13);;;;;/q;;;+1;;/p-1/t8-;;;;;/m0...../s1. The van der Waals surface area contributed by atoms with Crippen LogP contribution in [0.15, 0.2) is 24.3 Å². The molecule has 4 radical (unpaired) electrons. The summed E-state index contributed by atoms with van der Waals surface area (Å²) in [6.45, 7) is 0. The van der Waals surface area contributed by atoms with Crippen molar-refractivity contribution in [3.05, 3.63) is 29.8 Å². The first-order valence-electron chi connectivity index (χ1n) is 5.02. The molecule has 0 aromatic heterocycles. The first-order valence-corrected chi connectivity index (χ1v) is 7.37. The number of phenols is 1. The maximum atomic E-state index is 11.6. The SMILES string of the molecule is N[C@@H](Cc1ccc(O)cc1)C(=O)[O][Al]([O][Al])[O][Al]. The number of carbonyl (C=O) groups excluding carboxylic acids is 1. The van der Waals surface area contributed by atoms with Crippen LogP contribution in [0.4, 0.5) is 0 Å². The van der Waals surface area contributed by atoms with Gasteiger partial charge >= 0.3 is 48.4 Å². The monoisotopic (exact) mass is 293 g/mol. The van der Waals surface area contributed by atoms with Crippen molar-refractivity contribution >= 4 is 54.4 Å². The van der Waals surface area contributed by atoms with Crippen molar-refractivity contribution in [3.8, 4) is 5.75 Å². The molecular formula is C9H10Al3NO5. The van der Waals surface area contributed by atoms with Crippen molar-refractivity contribution in [2.24, 2.45) is 5.73 Å². The van der Waals surface area contributed by atoms with Gasteiger partial charge in [-0.2, -0.15) is 0 Å². The summed E-state index contributed by atoms with van der Waals surface area (Å²) in [6.07, 6.45) is 0.313. The summed E-state index contributed by atoms with van der Waals surface area (Å²) >= 11 is 1.50. The van der Waals surface area contributed by atoms with Crippen molar-refractivity contribution in [2.75, 3.05) is 0 Å². The molecule has 90 valence electrons. The number of hydrogen-bond donors (Lipinski definition) is 2. The van der Waals surface area contributed by atoms with Crippen LogP contribution in [0.3, 0.4) is 0 Å². The molecule has 0 fully saturated rings. The van der Waals surface area contributed by atoms with Crippen LogP contribution < -0.4 is 5.73 Å². The van der Waals surface area contributed by atoms with Gasteiger partial charge in [-0.05, 0) is 24.1 Å². The maximum absolute atomic E-state index is 11.6. The molecule has 0 saturated carbocycles. The lowest BCUT2D eigenvalue weighted by molar-refractivity contribution is -0.138. The first-order chi connectivity index (χ1) is 8.56. The lowest BCUT2D eigenvalue weighted by Crippen LogP contribution is -2.39. The van der Waals surface area contributed by atoms with Crippen LogP contribution in [0, 0.1) is 0 Å². The number of phenolic OH excluding ortho intramolecular Hbond substituents is 1. The Labute approximate surface area is 127 Å². The van der Waals surface area contributed by atoms with Crippen LogP contribution >= 0.6 is 0 Å². The molecule has 1 aromatic carbocycles. The summed E-state index contributed by atoms with van der Waals surface area (Å²) in [5.74, 6) is -0.417. The van der Waals surface area contributed by atoms with E-state index >= 15 is 0 Å². The van der Waals surface area contributed by atoms with Gasteiger partial charge in [0.25, 0.3) is 5.97 Å². The fraction of sp³-hybridized carbons (Fsp3) is 0.222. The number of aromatic hydroxyl groups is 1. The molecule has 0 amide bonds. The second kappa shape index (κ2) is 8.20. The van der Waals surface area contributed by atoms with E-state index in [9.17, 15) is 4.79 Å². The molecule has 3 N–H and O–H groups in total. The number of rotatable bonds is 6. The third-order valence-electron chi connectivity index (χ3n) is 2.13. The highest BCUT2D eigenvalue weighted by molar-refractivity contribution is 6.48. The Morgan fingerprint density at radius 3 is 2.39 bits per heavy atom. The number of hydrogen-bond acceptors (Lipinski definition) is 6. The van der Waals surface area contributed by atoms with E-state index in [0.29, 0.717) is 6.42 Å². The van der Waals surface area contributed by atoms with E-state index in [1.165, 1.54) is 12.1 Å². The van der Waals surface area contributed by atoms with Crippen LogP contribution in [0.1, 0.15) is 5.56 Å². The van der Waals surface area contributed by atoms with E-state index in [0.717, 1.165) is 5.56 Å². The number of carbonyl (C=O) groups is 1. The fourth-order valence-corrected chi connectivity index (χ4v) is 2.88. The molecule has 0 spiro atoms. The normalized spacial score (nSPS) is 11.8. The van der Waals surface area contributed by atoms with Crippen molar-refractivity contribution < 1.29 is 19.4 Å². The molecule has 0 aliphatic heterocycles. The molecule has 0 aliphatic carbocycles. The van der Waals surface area contributed by atoms with Crippen LogP contribution in [-0.2, 0) is 20.7 Å². The van der Waals surface area contributed by atoms with E-state index in [1.807, 2.05) is 33.2 Å². The summed E-state index contributed by atoms with van der Waals surface area (Å²) in [5.41, 5.74) is 6.53. The summed E-state index contributed by atoms with van der Waals surface area (Å²) in [7, 11) is 0. The van der Waals surface area contributed by atoms with Crippen molar-refractivity contribution in [2.45, 2.75) is 12.5 Å². The Kier molecular flexibility index (Phi) is 7.30. The largest absolute Gasteiger partial charge is 0.938 e. The highest BCUT2D eigenvalue weighted by atomic mass is 27.3. The van der Waals surface area contributed by atoms with Gasteiger partial charge in [-0.25, -0.2) is 0 Å². The van der Waals surface area contributed by atoms with E-state index in [1.54, 1.807) is 12.1 Å². The molecule has 1 rings (SSSR count). The van der Waals surface area contributed by atoms with E-state index in [2.05, 4.69) is 0 Å². The van der Waals surface area contributed by atoms with Crippen molar-refractivity contribution in [1.29, 1.82) is 0 Å². The highest BCUT2D eigenvalue weighted by Gasteiger charge is 2.31. The third-order valence-corrected chi connectivity index (χ3v) is 4.33. The van der Waals surface area contributed by atoms with Crippen molar-refractivity contribution in [3.63, 3.8) is 0 Å². The van der Waals surface area contributed by atoms with E-state index < -0.39 is 27.2 Å². The lowest BCUT2D eigenvalue weighted by Gasteiger charge is -2.15. The van der Waals surface area contributed by atoms with Gasteiger partial charge in [0.2, 0.25) is 0 Å². The van der Waals surface area contributed by atoms with Gasteiger partial charge in [0.1, 0.15) is 11.8 Å². The zero-order chi connectivity index (χ0) is 13.5. The van der Waals surface area contributed by atoms with Gasteiger partial charge < -0.3 is 20.3 Å². The van der Waals surface area contributed by atoms with E-state index in [4.69, 9.17) is 20.3 Å². The lowest BCUT2D eigenvalue weighted by atomic mass is 10.1. The Morgan fingerprint density at radius 1 is 1.33 bits per heavy atom. The van der Waals surface area contributed by atoms with Crippen LogP contribution in [-0.4, -0.2) is 65.5 Å². The van der Waals surface area contributed by atoms with Gasteiger partial charge in [-0.3, -0.25) is 4.79 Å². The predicted molar refractivity (Wildman–Crippen MR) is 65.3 cm³/mol. The Bertz CT molecular complexity index is 384. The van der Waals surface area contributed by atoms with Gasteiger partial charge in [0.15, 0.2) is 0 Å². The highest BCUT2D eigenvalue weighted by Crippen LogP contribution is 2.11. The maximum Gasteiger partial charge on any atom is 0.938 e. The van der Waals surface area contributed by atoms with Crippen LogP contribution in [0.2, 0.25) is 0 Å². The molecule has 0 heterocycles. The Balaban J connectivity index is 2.51. The average Bonchev–Trinajstić information content (AvgIpc) is 2.38. The quantitative estimate of drug-likeness (QED) is 0.653. The summed E-state index contributed by atoms with van der Waals surface area (Å²) < 4.78 is 14.5. The second-order valence-corrected chi connectivity index (χ2v) is 6.47. The van der Waals surface area contributed by atoms with Crippen LogP contribution in [0.25, 0.3) is 0 Å². The van der Waals surface area contributed by atoms with Gasteiger partial charge in [-0.1, -0.05) is 12.1 Å². The smallest absolute Gasteiger partial charge is 0.592 e. The molecule has 0 bridgehead atoms. The molecule has 1 atom stereocenters. The van der Waals surface area contributed by atoms with E-state index in [-0.39, 0.29) is 5.75 Å². The predicted octanol–water partition coefficient (Wildman–Crippen LogP) is -1.01. The number of benzene rings is 1. The minimum Gasteiger partial charge on any atom is -0.592 e. The first kappa shape index (κ1) is 16.0. The molecular weight excluding hydrogens is 283 g/mol. The molecule has 1 aromatic rings. The Morgan fingerprint density at radius 2 is 1.89 bits per heavy atom. The van der Waals surface area contributed by atoms with Crippen molar-refractivity contribution in [1.82, 2.24) is 0 Å². The second-order valence-electron chi connectivity index (χ2n) is 3.47. The van der Waals surface area contributed by atoms with Gasteiger partial charge in [0.05, 0.1) is 0 Å². The zero-order valence-corrected chi connectivity index (χ0v) is 12.9.